The lowest BCUT2D eigenvalue weighted by atomic mass is 10.2. The monoisotopic (exact) mass is 346 g/mol. The molecule has 0 unspecified atom stereocenters. The van der Waals surface area contributed by atoms with E-state index < -0.39 is 0 Å². The molecule has 0 aliphatic carbocycles. The van der Waals surface area contributed by atoms with Gasteiger partial charge < -0.3 is 15.1 Å². The number of benzene rings is 1. The number of aryl methyl sites for hydroxylation is 1. The van der Waals surface area contributed by atoms with Gasteiger partial charge in [0.05, 0.1) is 6.20 Å². The second kappa shape index (κ2) is 7.00. The zero-order chi connectivity index (χ0) is 17.1. The van der Waals surface area contributed by atoms with Crippen LogP contribution in [0, 0.1) is 6.92 Å². The Balaban J connectivity index is 1.73. The van der Waals surface area contributed by atoms with Gasteiger partial charge in [-0.2, -0.15) is 10.1 Å². The van der Waals surface area contributed by atoms with Gasteiger partial charge in [-0.05, 0) is 24.6 Å². The Morgan fingerprint density at radius 3 is 2.71 bits per heavy atom. The maximum absolute atomic E-state index is 11.4. The van der Waals surface area contributed by atoms with E-state index in [9.17, 15) is 4.79 Å². The number of hydrogen-bond acceptors (Lipinski definition) is 6. The Labute approximate surface area is 145 Å². The van der Waals surface area contributed by atoms with E-state index in [1.165, 1.54) is 0 Å². The Kier molecular flexibility index (Phi) is 4.80. The first-order chi connectivity index (χ1) is 11.5. The first-order valence-corrected chi connectivity index (χ1v) is 8.14. The quantitative estimate of drug-likeness (QED) is 0.918. The predicted molar refractivity (Wildman–Crippen MR) is 93.8 cm³/mol. The molecule has 126 valence electrons. The van der Waals surface area contributed by atoms with Crippen molar-refractivity contribution in [2.45, 2.75) is 13.8 Å². The summed E-state index contributed by atoms with van der Waals surface area (Å²) in [6.07, 6.45) is 1.58. The largest absolute Gasteiger partial charge is 0.339 e. The van der Waals surface area contributed by atoms with E-state index in [0.29, 0.717) is 43.0 Å². The first-order valence-electron chi connectivity index (χ1n) is 7.76. The van der Waals surface area contributed by atoms with Crippen molar-refractivity contribution < 1.29 is 4.79 Å². The van der Waals surface area contributed by atoms with Crippen molar-refractivity contribution in [2.24, 2.45) is 0 Å². The molecule has 1 aliphatic rings. The summed E-state index contributed by atoms with van der Waals surface area (Å²) in [7, 11) is 0. The molecular weight excluding hydrogens is 328 g/mol. The smallest absolute Gasteiger partial charge is 0.247 e. The average molecular weight is 347 g/mol. The van der Waals surface area contributed by atoms with Crippen LogP contribution in [0.1, 0.15) is 12.5 Å². The summed E-state index contributed by atoms with van der Waals surface area (Å²) in [5.41, 5.74) is 1.95. The van der Waals surface area contributed by atoms with Crippen LogP contribution < -0.4 is 10.2 Å². The van der Waals surface area contributed by atoms with Gasteiger partial charge in [-0.25, -0.2) is 0 Å². The molecule has 1 aliphatic heterocycles. The molecule has 3 rings (SSSR count). The summed E-state index contributed by atoms with van der Waals surface area (Å²) in [6.45, 7) is 6.32. The number of hydrogen-bond donors (Lipinski definition) is 1. The third-order valence-corrected chi connectivity index (χ3v) is 4.25. The Morgan fingerprint density at radius 2 is 2.00 bits per heavy atom. The number of halogens is 1. The van der Waals surface area contributed by atoms with E-state index in [1.807, 2.05) is 34.9 Å². The maximum atomic E-state index is 11.4. The van der Waals surface area contributed by atoms with Crippen LogP contribution in [0.15, 0.2) is 24.4 Å². The van der Waals surface area contributed by atoms with Crippen molar-refractivity contribution in [3.8, 4) is 0 Å². The van der Waals surface area contributed by atoms with Gasteiger partial charge in [-0.1, -0.05) is 17.7 Å². The van der Waals surface area contributed by atoms with E-state index in [-0.39, 0.29) is 5.91 Å². The van der Waals surface area contributed by atoms with Crippen LogP contribution in [0.25, 0.3) is 0 Å². The molecule has 1 fully saturated rings. The molecule has 1 amide bonds. The van der Waals surface area contributed by atoms with Crippen molar-refractivity contribution >= 4 is 35.0 Å². The summed E-state index contributed by atoms with van der Waals surface area (Å²) in [4.78, 5) is 19.8. The fourth-order valence-electron chi connectivity index (χ4n) is 2.58. The normalized spacial score (nSPS) is 14.6. The number of aromatic nitrogens is 3. The third kappa shape index (κ3) is 3.73. The van der Waals surface area contributed by atoms with Crippen LogP contribution in [0.5, 0.6) is 0 Å². The SMILES string of the molecule is CC(=O)N1CCN(c2nncc(Nc3cc(Cl)ccc3C)n2)CC1. The number of amides is 1. The van der Waals surface area contributed by atoms with E-state index in [0.717, 1.165) is 11.3 Å². The van der Waals surface area contributed by atoms with Gasteiger partial charge in [0.15, 0.2) is 5.82 Å². The second-order valence-corrected chi connectivity index (χ2v) is 6.16. The zero-order valence-corrected chi connectivity index (χ0v) is 14.4. The number of nitrogens with one attached hydrogen (secondary N) is 1. The third-order valence-electron chi connectivity index (χ3n) is 4.02. The van der Waals surface area contributed by atoms with E-state index >= 15 is 0 Å². The van der Waals surface area contributed by atoms with Crippen molar-refractivity contribution in [1.29, 1.82) is 0 Å². The molecular formula is C16H19ClN6O. The number of anilines is 3. The van der Waals surface area contributed by atoms with Gasteiger partial charge in [-0.3, -0.25) is 4.79 Å². The molecule has 2 heterocycles. The van der Waals surface area contributed by atoms with Crippen LogP contribution >= 0.6 is 11.6 Å². The zero-order valence-electron chi connectivity index (χ0n) is 13.7. The molecule has 0 atom stereocenters. The topological polar surface area (TPSA) is 74.2 Å². The molecule has 1 N–H and O–H groups in total. The van der Waals surface area contributed by atoms with E-state index in [2.05, 4.69) is 20.5 Å². The van der Waals surface area contributed by atoms with Crippen LogP contribution in [0.2, 0.25) is 5.02 Å². The van der Waals surface area contributed by atoms with Gasteiger partial charge >= 0.3 is 0 Å². The van der Waals surface area contributed by atoms with Crippen molar-refractivity contribution in [2.75, 3.05) is 36.4 Å². The molecule has 2 aromatic rings. The molecule has 1 saturated heterocycles. The summed E-state index contributed by atoms with van der Waals surface area (Å²) in [5, 5.41) is 12.0. The van der Waals surface area contributed by atoms with E-state index in [1.54, 1.807) is 13.1 Å². The maximum Gasteiger partial charge on any atom is 0.247 e. The Hall–Kier alpha value is -2.41. The van der Waals surface area contributed by atoms with Gasteiger partial charge in [-0.15, -0.1) is 5.10 Å². The molecule has 24 heavy (non-hydrogen) atoms. The molecule has 1 aromatic heterocycles. The van der Waals surface area contributed by atoms with E-state index in [4.69, 9.17) is 11.6 Å². The molecule has 1 aromatic carbocycles. The number of piperazine rings is 1. The van der Waals surface area contributed by atoms with Crippen molar-refractivity contribution in [1.82, 2.24) is 20.1 Å². The summed E-state index contributed by atoms with van der Waals surface area (Å²) in [5.74, 6) is 1.27. The van der Waals surface area contributed by atoms with Gasteiger partial charge in [0, 0.05) is 43.8 Å². The predicted octanol–water partition coefficient (Wildman–Crippen LogP) is 2.25. The Bertz CT molecular complexity index is 745. The van der Waals surface area contributed by atoms with Crippen LogP contribution in [-0.2, 0) is 4.79 Å². The molecule has 0 radical (unpaired) electrons. The highest BCUT2D eigenvalue weighted by Crippen LogP contribution is 2.23. The second-order valence-electron chi connectivity index (χ2n) is 5.72. The molecule has 8 heteroatoms. The lowest BCUT2D eigenvalue weighted by molar-refractivity contribution is -0.129. The van der Waals surface area contributed by atoms with Crippen LogP contribution in [0.4, 0.5) is 17.5 Å². The number of carbonyl (C=O) groups is 1. The standard InChI is InChI=1S/C16H19ClN6O/c1-11-3-4-13(17)9-14(11)19-15-10-18-21-16(20-15)23-7-5-22(6-8-23)12(2)24/h3-4,9-10H,5-8H2,1-2H3,(H,19,20,21). The lowest BCUT2D eigenvalue weighted by Crippen LogP contribution is -2.48. The highest BCUT2D eigenvalue weighted by Gasteiger charge is 2.21. The molecule has 0 saturated carbocycles. The summed E-state index contributed by atoms with van der Waals surface area (Å²) < 4.78 is 0. The molecule has 0 spiro atoms. The lowest BCUT2D eigenvalue weighted by Gasteiger charge is -2.33. The average Bonchev–Trinajstić information content (AvgIpc) is 2.58. The van der Waals surface area contributed by atoms with Crippen LogP contribution in [-0.4, -0.2) is 52.2 Å². The molecule has 0 bridgehead atoms. The molecule has 7 nitrogen and oxygen atoms in total. The fourth-order valence-corrected chi connectivity index (χ4v) is 2.75. The Morgan fingerprint density at radius 1 is 1.25 bits per heavy atom. The minimum Gasteiger partial charge on any atom is -0.339 e. The highest BCUT2D eigenvalue weighted by atomic mass is 35.5. The van der Waals surface area contributed by atoms with Gasteiger partial charge in [0.25, 0.3) is 0 Å². The highest BCUT2D eigenvalue weighted by molar-refractivity contribution is 6.30. The summed E-state index contributed by atoms with van der Waals surface area (Å²) in [6, 6.07) is 5.64. The van der Waals surface area contributed by atoms with Crippen molar-refractivity contribution in [3.05, 3.63) is 35.0 Å². The minimum absolute atomic E-state index is 0.0977. The van der Waals surface area contributed by atoms with Crippen molar-refractivity contribution in [3.63, 3.8) is 0 Å². The fraction of sp³-hybridized carbons (Fsp3) is 0.375. The summed E-state index contributed by atoms with van der Waals surface area (Å²) >= 11 is 6.05. The number of rotatable bonds is 3. The van der Waals surface area contributed by atoms with Crippen LogP contribution in [0.3, 0.4) is 0 Å². The number of carbonyl (C=O) groups excluding carboxylic acids is 1. The number of nitrogens with zero attached hydrogens (tertiary/aromatic N) is 5. The van der Waals surface area contributed by atoms with Gasteiger partial charge in [0.2, 0.25) is 11.9 Å². The minimum atomic E-state index is 0.0977. The first kappa shape index (κ1) is 16.4. The van der Waals surface area contributed by atoms with Gasteiger partial charge in [0.1, 0.15) is 0 Å².